The van der Waals surface area contributed by atoms with Gasteiger partial charge >= 0.3 is 0 Å². The van der Waals surface area contributed by atoms with Crippen LogP contribution in [-0.2, 0) is 0 Å². The SMILES string of the molecule is C=CCCCC(C)CCO. The normalized spacial score (nSPS) is 13.0. The van der Waals surface area contributed by atoms with Gasteiger partial charge in [-0.3, -0.25) is 0 Å². The van der Waals surface area contributed by atoms with E-state index in [1.165, 1.54) is 12.8 Å². The van der Waals surface area contributed by atoms with Crippen LogP contribution >= 0.6 is 0 Å². The van der Waals surface area contributed by atoms with E-state index in [1.807, 2.05) is 6.08 Å². The standard InChI is InChI=1S/C9H18O/c1-3-4-5-6-9(2)7-8-10/h3,9-10H,1,4-8H2,2H3. The van der Waals surface area contributed by atoms with Crippen LogP contribution in [0.25, 0.3) is 0 Å². The van der Waals surface area contributed by atoms with Crippen LogP contribution in [0.4, 0.5) is 0 Å². The van der Waals surface area contributed by atoms with Gasteiger partial charge in [-0.25, -0.2) is 0 Å². The highest BCUT2D eigenvalue weighted by Gasteiger charge is 1.98. The van der Waals surface area contributed by atoms with E-state index in [4.69, 9.17) is 5.11 Å². The van der Waals surface area contributed by atoms with Crippen LogP contribution in [0.2, 0.25) is 0 Å². The number of hydrogen-bond acceptors (Lipinski definition) is 1. The van der Waals surface area contributed by atoms with E-state index in [0.717, 1.165) is 12.8 Å². The topological polar surface area (TPSA) is 20.2 Å². The zero-order valence-electron chi connectivity index (χ0n) is 6.84. The molecule has 0 aliphatic rings. The van der Waals surface area contributed by atoms with Crippen molar-refractivity contribution in [1.82, 2.24) is 0 Å². The molecule has 1 unspecified atom stereocenters. The van der Waals surface area contributed by atoms with Crippen molar-refractivity contribution in [3.8, 4) is 0 Å². The summed E-state index contributed by atoms with van der Waals surface area (Å²) in [5.41, 5.74) is 0. The van der Waals surface area contributed by atoms with Gasteiger partial charge in [0.05, 0.1) is 0 Å². The summed E-state index contributed by atoms with van der Waals surface area (Å²) in [6, 6.07) is 0. The monoisotopic (exact) mass is 142 g/mol. The molecule has 1 atom stereocenters. The van der Waals surface area contributed by atoms with Gasteiger partial charge < -0.3 is 5.11 Å². The molecule has 0 aliphatic heterocycles. The maximum absolute atomic E-state index is 8.57. The molecule has 0 spiro atoms. The first-order chi connectivity index (χ1) is 4.81. The van der Waals surface area contributed by atoms with E-state index >= 15 is 0 Å². The molecule has 0 bridgehead atoms. The molecule has 0 radical (unpaired) electrons. The second-order valence-corrected chi connectivity index (χ2v) is 2.84. The summed E-state index contributed by atoms with van der Waals surface area (Å²) < 4.78 is 0. The highest BCUT2D eigenvalue weighted by atomic mass is 16.2. The second kappa shape index (κ2) is 6.81. The zero-order chi connectivity index (χ0) is 7.82. The summed E-state index contributed by atoms with van der Waals surface area (Å²) >= 11 is 0. The fraction of sp³-hybridized carbons (Fsp3) is 0.778. The van der Waals surface area contributed by atoms with Gasteiger partial charge in [0.1, 0.15) is 0 Å². The largest absolute Gasteiger partial charge is 0.396 e. The van der Waals surface area contributed by atoms with Crippen molar-refractivity contribution in [1.29, 1.82) is 0 Å². The molecule has 0 saturated carbocycles. The predicted molar refractivity (Wildman–Crippen MR) is 44.9 cm³/mol. The molecule has 0 amide bonds. The minimum absolute atomic E-state index is 0.329. The number of aliphatic hydroxyl groups is 1. The fourth-order valence-electron chi connectivity index (χ4n) is 0.975. The highest BCUT2D eigenvalue weighted by molar-refractivity contribution is 4.66. The Kier molecular flexibility index (Phi) is 6.61. The number of hydrogen-bond donors (Lipinski definition) is 1. The maximum Gasteiger partial charge on any atom is 0.0433 e. The van der Waals surface area contributed by atoms with Crippen molar-refractivity contribution in [3.05, 3.63) is 12.7 Å². The lowest BCUT2D eigenvalue weighted by atomic mass is 10.0. The molecule has 0 aromatic heterocycles. The Morgan fingerprint density at radius 3 is 2.70 bits per heavy atom. The lowest BCUT2D eigenvalue weighted by molar-refractivity contribution is 0.257. The van der Waals surface area contributed by atoms with Gasteiger partial charge in [0, 0.05) is 6.61 Å². The molecule has 1 heteroatoms. The summed E-state index contributed by atoms with van der Waals surface area (Å²) in [5.74, 6) is 0.671. The molecule has 0 rings (SSSR count). The molecular formula is C9H18O. The van der Waals surface area contributed by atoms with Crippen molar-refractivity contribution in [2.75, 3.05) is 6.61 Å². The predicted octanol–water partition coefficient (Wildman–Crippen LogP) is 2.36. The average molecular weight is 142 g/mol. The van der Waals surface area contributed by atoms with Gasteiger partial charge in [-0.15, -0.1) is 6.58 Å². The summed E-state index contributed by atoms with van der Waals surface area (Å²) in [6.45, 7) is 6.16. The summed E-state index contributed by atoms with van der Waals surface area (Å²) in [6.07, 6.45) is 6.43. The Morgan fingerprint density at radius 2 is 2.20 bits per heavy atom. The first-order valence-electron chi connectivity index (χ1n) is 4.03. The van der Waals surface area contributed by atoms with Crippen molar-refractivity contribution in [2.45, 2.75) is 32.6 Å². The molecular weight excluding hydrogens is 124 g/mol. The Labute approximate surface area is 63.8 Å². The van der Waals surface area contributed by atoms with E-state index < -0.39 is 0 Å². The number of rotatable bonds is 6. The van der Waals surface area contributed by atoms with Gasteiger partial charge in [0.2, 0.25) is 0 Å². The lowest BCUT2D eigenvalue weighted by Gasteiger charge is -2.06. The first-order valence-corrected chi connectivity index (χ1v) is 4.03. The van der Waals surface area contributed by atoms with Gasteiger partial charge in [0.25, 0.3) is 0 Å². The van der Waals surface area contributed by atoms with Gasteiger partial charge in [-0.1, -0.05) is 19.4 Å². The molecule has 0 saturated heterocycles. The summed E-state index contributed by atoms with van der Waals surface area (Å²) in [4.78, 5) is 0. The third kappa shape index (κ3) is 5.83. The van der Waals surface area contributed by atoms with Crippen molar-refractivity contribution in [2.24, 2.45) is 5.92 Å². The molecule has 0 heterocycles. The molecule has 1 N–H and O–H groups in total. The maximum atomic E-state index is 8.57. The number of unbranched alkanes of at least 4 members (excludes halogenated alkanes) is 1. The van der Waals surface area contributed by atoms with Crippen molar-refractivity contribution >= 4 is 0 Å². The van der Waals surface area contributed by atoms with Gasteiger partial charge in [0.15, 0.2) is 0 Å². The lowest BCUT2D eigenvalue weighted by Crippen LogP contribution is -1.97. The average Bonchev–Trinajstić information content (AvgIpc) is 1.89. The molecule has 0 fully saturated rings. The van der Waals surface area contributed by atoms with Crippen LogP contribution < -0.4 is 0 Å². The van der Waals surface area contributed by atoms with Crippen molar-refractivity contribution < 1.29 is 5.11 Å². The fourth-order valence-corrected chi connectivity index (χ4v) is 0.975. The summed E-state index contributed by atoms with van der Waals surface area (Å²) in [5, 5.41) is 8.57. The van der Waals surface area contributed by atoms with Crippen LogP contribution in [-0.4, -0.2) is 11.7 Å². The van der Waals surface area contributed by atoms with Crippen LogP contribution in [0.1, 0.15) is 32.6 Å². The van der Waals surface area contributed by atoms with E-state index in [9.17, 15) is 0 Å². The minimum Gasteiger partial charge on any atom is -0.396 e. The Morgan fingerprint density at radius 1 is 1.50 bits per heavy atom. The first kappa shape index (κ1) is 9.70. The molecule has 1 nitrogen and oxygen atoms in total. The van der Waals surface area contributed by atoms with E-state index in [2.05, 4.69) is 13.5 Å². The third-order valence-corrected chi connectivity index (χ3v) is 1.73. The van der Waals surface area contributed by atoms with E-state index in [0.29, 0.717) is 12.5 Å². The molecule has 0 aromatic rings. The minimum atomic E-state index is 0.329. The van der Waals surface area contributed by atoms with E-state index in [1.54, 1.807) is 0 Å². The van der Waals surface area contributed by atoms with Gasteiger partial charge in [-0.05, 0) is 25.2 Å². The Hall–Kier alpha value is -0.300. The zero-order valence-corrected chi connectivity index (χ0v) is 6.84. The number of allylic oxidation sites excluding steroid dienone is 1. The molecule has 10 heavy (non-hydrogen) atoms. The van der Waals surface area contributed by atoms with E-state index in [-0.39, 0.29) is 0 Å². The van der Waals surface area contributed by atoms with Crippen molar-refractivity contribution in [3.63, 3.8) is 0 Å². The van der Waals surface area contributed by atoms with Crippen LogP contribution in [0.15, 0.2) is 12.7 Å². The summed E-state index contributed by atoms with van der Waals surface area (Å²) in [7, 11) is 0. The highest BCUT2D eigenvalue weighted by Crippen LogP contribution is 2.10. The van der Waals surface area contributed by atoms with Crippen LogP contribution in [0.5, 0.6) is 0 Å². The van der Waals surface area contributed by atoms with Gasteiger partial charge in [-0.2, -0.15) is 0 Å². The molecule has 0 aromatic carbocycles. The smallest absolute Gasteiger partial charge is 0.0433 e. The molecule has 0 aliphatic carbocycles. The third-order valence-electron chi connectivity index (χ3n) is 1.73. The molecule has 60 valence electrons. The Balaban J connectivity index is 3.04. The van der Waals surface area contributed by atoms with Crippen LogP contribution in [0, 0.1) is 5.92 Å². The van der Waals surface area contributed by atoms with Crippen LogP contribution in [0.3, 0.4) is 0 Å². The quantitative estimate of drug-likeness (QED) is 0.446. The number of aliphatic hydroxyl groups excluding tert-OH is 1. The Bertz CT molecular complexity index is 78.8. The second-order valence-electron chi connectivity index (χ2n) is 2.84.